The van der Waals surface area contributed by atoms with Crippen molar-refractivity contribution in [3.8, 4) is 0 Å². The van der Waals surface area contributed by atoms with Gasteiger partial charge in [0.1, 0.15) is 5.82 Å². The zero-order valence-electron chi connectivity index (χ0n) is 9.58. The number of nitrogen functional groups attached to an aromatic ring is 1. The first kappa shape index (κ1) is 13.4. The monoisotopic (exact) mass is 244 g/mol. The maximum absolute atomic E-state index is 13.5. The number of carbonyl (C=O) groups excluding carboxylic acids is 1. The van der Waals surface area contributed by atoms with Gasteiger partial charge in [-0.1, -0.05) is 0 Å². The lowest BCUT2D eigenvalue weighted by Gasteiger charge is -2.19. The molecule has 94 valence electrons. The highest BCUT2D eigenvalue weighted by Crippen LogP contribution is 2.18. The lowest BCUT2D eigenvalue weighted by Crippen LogP contribution is -2.33. The molecule has 3 N–H and O–H groups in total. The van der Waals surface area contributed by atoms with E-state index in [-0.39, 0.29) is 6.54 Å². The highest BCUT2D eigenvalue weighted by atomic mass is 19.1. The predicted molar refractivity (Wildman–Crippen MR) is 59.4 cm³/mol. The van der Waals surface area contributed by atoms with E-state index in [0.717, 1.165) is 17.0 Å². The van der Waals surface area contributed by atoms with Crippen LogP contribution in [-0.4, -0.2) is 35.6 Å². The summed E-state index contributed by atoms with van der Waals surface area (Å²) >= 11 is 0. The van der Waals surface area contributed by atoms with Gasteiger partial charge in [0.05, 0.1) is 17.4 Å². The van der Waals surface area contributed by atoms with Gasteiger partial charge in [0.15, 0.2) is 5.82 Å². The number of benzene rings is 1. The van der Waals surface area contributed by atoms with Crippen molar-refractivity contribution in [1.29, 1.82) is 0 Å². The van der Waals surface area contributed by atoms with Crippen molar-refractivity contribution in [2.45, 2.75) is 13.0 Å². The molecule has 0 saturated heterocycles. The number of hydrogen-bond acceptors (Lipinski definition) is 3. The molecule has 0 radical (unpaired) electrons. The second kappa shape index (κ2) is 5.09. The Hall–Kier alpha value is -1.69. The maximum Gasteiger partial charge on any atom is 0.256 e. The number of likely N-dealkylation sites (N-methyl/N-ethyl adjacent to an activating group) is 1. The second-order valence-electron chi connectivity index (χ2n) is 3.89. The van der Waals surface area contributed by atoms with Crippen molar-refractivity contribution >= 4 is 11.6 Å². The summed E-state index contributed by atoms with van der Waals surface area (Å²) in [6, 6.07) is 1.59. The molecule has 1 unspecified atom stereocenters. The van der Waals surface area contributed by atoms with Gasteiger partial charge in [-0.25, -0.2) is 8.78 Å². The van der Waals surface area contributed by atoms with Crippen molar-refractivity contribution in [2.75, 3.05) is 19.3 Å². The maximum atomic E-state index is 13.5. The summed E-state index contributed by atoms with van der Waals surface area (Å²) in [7, 11) is 1.38. The Morgan fingerprint density at radius 1 is 1.53 bits per heavy atom. The lowest BCUT2D eigenvalue weighted by molar-refractivity contribution is 0.0699. The van der Waals surface area contributed by atoms with E-state index in [9.17, 15) is 13.6 Å². The SMILES string of the molecule is CC(O)CN(C)C(=O)c1cc(F)cc(N)c1F. The van der Waals surface area contributed by atoms with Gasteiger partial charge in [-0.05, 0) is 19.1 Å². The Morgan fingerprint density at radius 2 is 2.12 bits per heavy atom. The molecular formula is C11H14F2N2O2. The number of nitrogens with two attached hydrogens (primary N) is 1. The highest BCUT2D eigenvalue weighted by Gasteiger charge is 2.20. The van der Waals surface area contributed by atoms with Crippen LogP contribution in [0.15, 0.2) is 12.1 Å². The van der Waals surface area contributed by atoms with Crippen molar-refractivity contribution in [3.05, 3.63) is 29.3 Å². The minimum Gasteiger partial charge on any atom is -0.396 e. The van der Waals surface area contributed by atoms with E-state index in [0.29, 0.717) is 0 Å². The van der Waals surface area contributed by atoms with Crippen LogP contribution in [0.25, 0.3) is 0 Å². The number of carbonyl (C=O) groups is 1. The molecule has 17 heavy (non-hydrogen) atoms. The van der Waals surface area contributed by atoms with Gasteiger partial charge < -0.3 is 15.7 Å². The summed E-state index contributed by atoms with van der Waals surface area (Å²) < 4.78 is 26.6. The smallest absolute Gasteiger partial charge is 0.256 e. The van der Waals surface area contributed by atoms with Crippen LogP contribution in [-0.2, 0) is 0 Å². The molecule has 0 heterocycles. The van der Waals surface area contributed by atoms with E-state index in [2.05, 4.69) is 0 Å². The first-order valence-corrected chi connectivity index (χ1v) is 5.01. The molecule has 4 nitrogen and oxygen atoms in total. The average Bonchev–Trinajstić information content (AvgIpc) is 2.21. The number of hydrogen-bond donors (Lipinski definition) is 2. The third-order valence-electron chi connectivity index (χ3n) is 2.18. The average molecular weight is 244 g/mol. The fourth-order valence-corrected chi connectivity index (χ4v) is 1.45. The Morgan fingerprint density at radius 3 is 2.65 bits per heavy atom. The second-order valence-corrected chi connectivity index (χ2v) is 3.89. The number of aliphatic hydroxyl groups is 1. The Bertz CT molecular complexity index is 436. The molecule has 1 amide bonds. The minimum atomic E-state index is -0.950. The molecule has 1 aromatic rings. The molecule has 0 aliphatic heterocycles. The van der Waals surface area contributed by atoms with E-state index in [1.54, 1.807) is 0 Å². The Kier molecular flexibility index (Phi) is 4.01. The summed E-state index contributed by atoms with van der Waals surface area (Å²) in [5.41, 5.74) is 4.37. The van der Waals surface area contributed by atoms with Crippen LogP contribution in [0, 0.1) is 11.6 Å². The van der Waals surface area contributed by atoms with Crippen molar-refractivity contribution < 1.29 is 18.7 Å². The first-order valence-electron chi connectivity index (χ1n) is 5.01. The third kappa shape index (κ3) is 3.13. The normalized spacial score (nSPS) is 12.3. The van der Waals surface area contributed by atoms with Gasteiger partial charge in [-0.3, -0.25) is 4.79 Å². The number of nitrogens with zero attached hydrogens (tertiary/aromatic N) is 1. The van der Waals surface area contributed by atoms with Gasteiger partial charge in [-0.15, -0.1) is 0 Å². The van der Waals surface area contributed by atoms with Gasteiger partial charge in [0, 0.05) is 13.6 Å². The molecule has 1 rings (SSSR count). The fraction of sp³-hybridized carbons (Fsp3) is 0.364. The van der Waals surface area contributed by atoms with E-state index in [4.69, 9.17) is 10.8 Å². The van der Waals surface area contributed by atoms with Gasteiger partial charge >= 0.3 is 0 Å². The number of halogens is 2. The zero-order chi connectivity index (χ0) is 13.2. The van der Waals surface area contributed by atoms with Crippen LogP contribution in [0.2, 0.25) is 0 Å². The van der Waals surface area contributed by atoms with Crippen LogP contribution in [0.4, 0.5) is 14.5 Å². The Labute approximate surface area is 97.6 Å². The molecule has 1 aromatic carbocycles. The third-order valence-corrected chi connectivity index (χ3v) is 2.18. The van der Waals surface area contributed by atoms with Crippen molar-refractivity contribution in [2.24, 2.45) is 0 Å². The van der Waals surface area contributed by atoms with Crippen molar-refractivity contribution in [3.63, 3.8) is 0 Å². The van der Waals surface area contributed by atoms with Crippen LogP contribution < -0.4 is 5.73 Å². The molecule has 0 aliphatic carbocycles. The largest absolute Gasteiger partial charge is 0.396 e. The lowest BCUT2D eigenvalue weighted by atomic mass is 10.1. The summed E-state index contributed by atoms with van der Waals surface area (Å²) in [4.78, 5) is 12.9. The van der Waals surface area contributed by atoms with E-state index < -0.39 is 34.9 Å². The first-order chi connectivity index (χ1) is 7.82. The van der Waals surface area contributed by atoms with E-state index in [1.165, 1.54) is 14.0 Å². The van der Waals surface area contributed by atoms with Crippen molar-refractivity contribution in [1.82, 2.24) is 4.90 Å². The standard InChI is InChI=1S/C11H14F2N2O2/c1-6(16)5-15(2)11(17)8-3-7(12)4-9(14)10(8)13/h3-4,6,16H,5,14H2,1-2H3. The fourth-order valence-electron chi connectivity index (χ4n) is 1.45. The number of anilines is 1. The van der Waals surface area contributed by atoms with Crippen LogP contribution in [0.1, 0.15) is 17.3 Å². The molecule has 6 heteroatoms. The molecule has 0 fully saturated rings. The van der Waals surface area contributed by atoms with Gasteiger partial charge in [0.2, 0.25) is 0 Å². The number of rotatable bonds is 3. The summed E-state index contributed by atoms with van der Waals surface area (Å²) in [5.74, 6) is -2.46. The van der Waals surface area contributed by atoms with E-state index in [1.807, 2.05) is 0 Å². The van der Waals surface area contributed by atoms with Crippen LogP contribution in [0.3, 0.4) is 0 Å². The highest BCUT2D eigenvalue weighted by molar-refractivity contribution is 5.95. The quantitative estimate of drug-likeness (QED) is 0.779. The van der Waals surface area contributed by atoms with Crippen LogP contribution >= 0.6 is 0 Å². The van der Waals surface area contributed by atoms with E-state index >= 15 is 0 Å². The molecule has 0 spiro atoms. The molecule has 0 aliphatic rings. The Balaban J connectivity index is 3.04. The molecule has 0 aromatic heterocycles. The molecule has 0 bridgehead atoms. The summed E-state index contributed by atoms with van der Waals surface area (Å²) in [5, 5.41) is 9.11. The number of amides is 1. The summed E-state index contributed by atoms with van der Waals surface area (Å²) in [6.07, 6.45) is -0.752. The molecule has 1 atom stereocenters. The minimum absolute atomic E-state index is 0.0225. The number of aliphatic hydroxyl groups excluding tert-OH is 1. The van der Waals surface area contributed by atoms with Gasteiger partial charge in [-0.2, -0.15) is 0 Å². The summed E-state index contributed by atoms with van der Waals surface area (Å²) in [6.45, 7) is 1.51. The topological polar surface area (TPSA) is 66.6 Å². The predicted octanol–water partition coefficient (Wildman–Crippen LogP) is 1.000. The van der Waals surface area contributed by atoms with Gasteiger partial charge in [0.25, 0.3) is 5.91 Å². The molecule has 0 saturated carbocycles. The zero-order valence-corrected chi connectivity index (χ0v) is 9.58. The molecular weight excluding hydrogens is 230 g/mol. The van der Waals surface area contributed by atoms with Crippen LogP contribution in [0.5, 0.6) is 0 Å².